The molecule has 17 heteroatoms. The van der Waals surface area contributed by atoms with Gasteiger partial charge in [-0.3, -0.25) is 14.3 Å². The van der Waals surface area contributed by atoms with Gasteiger partial charge in [0.2, 0.25) is 5.88 Å². The number of nitrogens with zero attached hydrogens (tertiary/aromatic N) is 5. The number of rotatable bonds is 8. The lowest BCUT2D eigenvalue weighted by atomic mass is 10.1. The number of pyridine rings is 1. The molecular weight excluding hydrogens is 707 g/mol. The van der Waals surface area contributed by atoms with Gasteiger partial charge in [0, 0.05) is 41.5 Å². The van der Waals surface area contributed by atoms with E-state index in [1.165, 1.54) is 24.5 Å². The van der Waals surface area contributed by atoms with Crippen molar-refractivity contribution >= 4 is 28.6 Å². The monoisotopic (exact) mass is 736 g/mol. The Hall–Kier alpha value is -6.52. The van der Waals surface area contributed by atoms with E-state index in [4.69, 9.17) is 14.2 Å². The molecule has 6 rings (SSSR count). The van der Waals surface area contributed by atoms with E-state index in [-0.39, 0.29) is 22.9 Å². The molecule has 0 aliphatic heterocycles. The summed E-state index contributed by atoms with van der Waals surface area (Å²) in [6, 6.07) is 13.0. The van der Waals surface area contributed by atoms with Gasteiger partial charge in [0.05, 0.1) is 23.6 Å². The zero-order valence-electron chi connectivity index (χ0n) is 28.4. The number of carbonyl (C=O) groups is 2. The Labute approximate surface area is 296 Å². The van der Waals surface area contributed by atoms with Crippen molar-refractivity contribution in [2.24, 2.45) is 7.05 Å². The third-order valence-electron chi connectivity index (χ3n) is 7.49. The van der Waals surface area contributed by atoms with Gasteiger partial charge < -0.3 is 19.5 Å². The van der Waals surface area contributed by atoms with Gasteiger partial charge in [-0.2, -0.15) is 28.1 Å². The van der Waals surface area contributed by atoms with E-state index in [0.717, 1.165) is 47.1 Å². The molecule has 1 N–H and O–H groups in total. The zero-order valence-corrected chi connectivity index (χ0v) is 28.4. The fourth-order valence-corrected chi connectivity index (χ4v) is 5.13. The van der Waals surface area contributed by atoms with Crippen LogP contribution in [0.5, 0.6) is 17.4 Å². The van der Waals surface area contributed by atoms with Crippen LogP contribution in [-0.4, -0.2) is 54.5 Å². The molecule has 3 heterocycles. The minimum atomic E-state index is -4.74. The van der Waals surface area contributed by atoms with Crippen LogP contribution in [0.1, 0.15) is 31.1 Å². The Bertz CT molecular complexity index is 2410. The SMILES string of the molecule is Cn1ncc2cc(Oc3ccc(NC(=O)c4ccc(OCC(F)(F)F)n(-c5ccc(F)cc5)c4=O)cc3F)c(-c3cnn(C(=O)OC(C)(C)C)c3)cc21. The smallest absolute Gasteiger partial charge is 0.435 e. The molecule has 53 heavy (non-hydrogen) atoms. The fourth-order valence-electron chi connectivity index (χ4n) is 5.13. The summed E-state index contributed by atoms with van der Waals surface area (Å²) in [7, 11) is 1.73. The van der Waals surface area contributed by atoms with E-state index in [1.54, 1.807) is 50.8 Å². The quantitative estimate of drug-likeness (QED) is 0.158. The standard InChI is InChI=1S/C36H29F5N6O6/c1-35(2,3)53-34(50)46-18-21(17-43-46)26-15-28-20(16-42-45(28)4)13-30(26)52-29-11-7-23(14-27(29)38)44-32(48)25-10-12-31(51-19-36(39,40)41)47(33(25)49)24-8-5-22(37)6-9-24/h5-18H,19H2,1-4H3,(H,44,48). The molecule has 3 aromatic heterocycles. The lowest BCUT2D eigenvalue weighted by Gasteiger charge is -2.18. The molecule has 12 nitrogen and oxygen atoms in total. The van der Waals surface area contributed by atoms with Crippen LogP contribution in [0.15, 0.2) is 90.1 Å². The topological polar surface area (TPSA) is 131 Å². The maximum absolute atomic E-state index is 15.6. The maximum atomic E-state index is 15.6. The van der Waals surface area contributed by atoms with Crippen LogP contribution < -0.4 is 20.3 Å². The molecule has 274 valence electrons. The van der Waals surface area contributed by atoms with Gasteiger partial charge in [-0.25, -0.2) is 18.1 Å². The average Bonchev–Trinajstić information content (AvgIpc) is 3.71. The van der Waals surface area contributed by atoms with Crippen LogP contribution in [0.2, 0.25) is 0 Å². The van der Waals surface area contributed by atoms with Crippen LogP contribution in [0.4, 0.5) is 32.4 Å². The van der Waals surface area contributed by atoms with Crippen molar-refractivity contribution in [3.05, 3.63) is 113 Å². The highest BCUT2D eigenvalue weighted by atomic mass is 19.4. The Morgan fingerprint density at radius 1 is 0.887 bits per heavy atom. The van der Waals surface area contributed by atoms with Gasteiger partial charge in [0.1, 0.15) is 22.7 Å². The van der Waals surface area contributed by atoms with E-state index in [1.807, 2.05) is 0 Å². The van der Waals surface area contributed by atoms with E-state index < -0.39 is 59.0 Å². The molecular formula is C36H29F5N6O6. The summed E-state index contributed by atoms with van der Waals surface area (Å²) in [5.74, 6) is -3.23. The van der Waals surface area contributed by atoms with E-state index in [2.05, 4.69) is 15.5 Å². The van der Waals surface area contributed by atoms with Gasteiger partial charge in [-0.15, -0.1) is 0 Å². The number of aromatic nitrogens is 5. The first-order chi connectivity index (χ1) is 25.0. The largest absolute Gasteiger partial charge is 0.469 e. The van der Waals surface area contributed by atoms with Crippen LogP contribution in [0.3, 0.4) is 0 Å². The predicted molar refractivity (Wildman–Crippen MR) is 182 cm³/mol. The number of carbonyl (C=O) groups excluding carboxylic acids is 2. The van der Waals surface area contributed by atoms with Crippen molar-refractivity contribution < 1.29 is 45.8 Å². The van der Waals surface area contributed by atoms with Crippen molar-refractivity contribution in [1.82, 2.24) is 24.1 Å². The molecule has 0 fully saturated rings. The summed E-state index contributed by atoms with van der Waals surface area (Å²) in [5.41, 5.74) is -0.959. The Kier molecular flexibility index (Phi) is 9.51. The summed E-state index contributed by atoms with van der Waals surface area (Å²) >= 11 is 0. The van der Waals surface area contributed by atoms with Gasteiger partial charge >= 0.3 is 12.3 Å². The van der Waals surface area contributed by atoms with Crippen molar-refractivity contribution in [3.63, 3.8) is 0 Å². The van der Waals surface area contributed by atoms with Crippen molar-refractivity contribution in [2.45, 2.75) is 32.5 Å². The number of ether oxygens (including phenoxy) is 3. The molecule has 0 radical (unpaired) electrons. The lowest BCUT2D eigenvalue weighted by molar-refractivity contribution is -0.154. The number of alkyl halides is 3. The molecule has 1 amide bonds. The number of benzene rings is 3. The highest BCUT2D eigenvalue weighted by Crippen LogP contribution is 2.38. The second kappa shape index (κ2) is 13.9. The van der Waals surface area contributed by atoms with Crippen molar-refractivity contribution in [3.8, 4) is 34.2 Å². The first-order valence-corrected chi connectivity index (χ1v) is 15.7. The fraction of sp³-hybridized carbons (Fsp3) is 0.194. The molecule has 0 saturated carbocycles. The predicted octanol–water partition coefficient (Wildman–Crippen LogP) is 7.63. The molecule has 0 aliphatic carbocycles. The summed E-state index contributed by atoms with van der Waals surface area (Å²) < 4.78 is 87.4. The van der Waals surface area contributed by atoms with Crippen molar-refractivity contribution in [2.75, 3.05) is 11.9 Å². The Morgan fingerprint density at radius 2 is 1.62 bits per heavy atom. The van der Waals surface area contributed by atoms with Crippen LogP contribution in [0, 0.1) is 11.6 Å². The number of aryl methyl sites for hydroxylation is 1. The number of amides is 1. The van der Waals surface area contributed by atoms with Crippen LogP contribution >= 0.6 is 0 Å². The summed E-state index contributed by atoms with van der Waals surface area (Å²) in [4.78, 5) is 39.3. The molecule has 0 atom stereocenters. The average molecular weight is 737 g/mol. The number of halogens is 5. The number of anilines is 1. The van der Waals surface area contributed by atoms with Crippen LogP contribution in [-0.2, 0) is 11.8 Å². The van der Waals surface area contributed by atoms with E-state index in [9.17, 15) is 31.9 Å². The molecule has 0 saturated heterocycles. The maximum Gasteiger partial charge on any atom is 0.435 e. The molecule has 3 aromatic carbocycles. The van der Waals surface area contributed by atoms with Gasteiger partial charge in [-0.05, 0) is 81.4 Å². The Balaban J connectivity index is 1.27. The minimum absolute atomic E-state index is 0.0724. The highest BCUT2D eigenvalue weighted by Gasteiger charge is 2.30. The lowest BCUT2D eigenvalue weighted by Crippen LogP contribution is -2.30. The molecule has 0 spiro atoms. The van der Waals surface area contributed by atoms with E-state index >= 15 is 4.39 Å². The molecule has 6 aromatic rings. The molecule has 0 bridgehead atoms. The summed E-state index contributed by atoms with van der Waals surface area (Å²) in [6.07, 6.45) is -1.01. The first kappa shape index (κ1) is 36.3. The van der Waals surface area contributed by atoms with Gasteiger partial charge in [0.15, 0.2) is 18.2 Å². The van der Waals surface area contributed by atoms with Gasteiger partial charge in [0.25, 0.3) is 11.5 Å². The number of hydrogen-bond donors (Lipinski definition) is 1. The number of hydrogen-bond acceptors (Lipinski definition) is 8. The van der Waals surface area contributed by atoms with Gasteiger partial charge in [-0.1, -0.05) is 0 Å². The third kappa shape index (κ3) is 8.19. The van der Waals surface area contributed by atoms with Crippen molar-refractivity contribution in [1.29, 1.82) is 0 Å². The normalized spacial score (nSPS) is 11.8. The third-order valence-corrected chi connectivity index (χ3v) is 7.49. The van der Waals surface area contributed by atoms with E-state index in [0.29, 0.717) is 26.6 Å². The second-order valence-corrected chi connectivity index (χ2v) is 12.6. The minimum Gasteiger partial charge on any atom is -0.469 e. The highest BCUT2D eigenvalue weighted by molar-refractivity contribution is 6.04. The first-order valence-electron chi connectivity index (χ1n) is 15.7. The molecule has 0 aliphatic rings. The second-order valence-electron chi connectivity index (χ2n) is 12.6. The Morgan fingerprint density at radius 3 is 2.30 bits per heavy atom. The molecule has 0 unspecified atom stereocenters. The number of fused-ring (bicyclic) bond motifs is 1. The summed E-state index contributed by atoms with van der Waals surface area (Å²) in [5, 5.41) is 11.4. The number of nitrogens with one attached hydrogen (secondary N) is 1. The summed E-state index contributed by atoms with van der Waals surface area (Å²) in [6.45, 7) is 3.41. The zero-order chi connectivity index (χ0) is 38.2. The van der Waals surface area contributed by atoms with Crippen LogP contribution in [0.25, 0.3) is 27.7 Å².